The zero-order valence-electron chi connectivity index (χ0n) is 9.65. The SMILES string of the molecule is Cc1nc(-c2ccc(Br)cc2)c(N)n1C1CC1. The lowest BCUT2D eigenvalue weighted by Gasteiger charge is -2.05. The molecule has 0 unspecified atom stereocenters. The molecule has 0 aliphatic heterocycles. The van der Waals surface area contributed by atoms with Gasteiger partial charge in [0.1, 0.15) is 17.3 Å². The standard InChI is InChI=1S/C13H14BrN3/c1-8-16-12(9-2-4-10(14)5-3-9)13(15)17(8)11-6-7-11/h2-5,11H,6-7,15H2,1H3. The molecule has 1 saturated carbocycles. The summed E-state index contributed by atoms with van der Waals surface area (Å²) in [6, 6.07) is 8.69. The molecule has 88 valence electrons. The van der Waals surface area contributed by atoms with Crippen LogP contribution in [0.2, 0.25) is 0 Å². The number of imidazole rings is 1. The summed E-state index contributed by atoms with van der Waals surface area (Å²) in [6.07, 6.45) is 2.45. The van der Waals surface area contributed by atoms with Crippen molar-refractivity contribution in [3.63, 3.8) is 0 Å². The number of aromatic nitrogens is 2. The zero-order valence-corrected chi connectivity index (χ0v) is 11.2. The number of nitrogens with zero attached hydrogens (tertiary/aromatic N) is 2. The predicted molar refractivity (Wildman–Crippen MR) is 72.8 cm³/mol. The number of anilines is 1. The highest BCUT2D eigenvalue weighted by atomic mass is 79.9. The molecule has 0 spiro atoms. The molecule has 0 bridgehead atoms. The van der Waals surface area contributed by atoms with Crippen LogP contribution in [0.3, 0.4) is 0 Å². The van der Waals surface area contributed by atoms with Crippen molar-refractivity contribution in [2.75, 3.05) is 5.73 Å². The Morgan fingerprint density at radius 2 is 1.94 bits per heavy atom. The van der Waals surface area contributed by atoms with E-state index in [1.54, 1.807) is 0 Å². The van der Waals surface area contributed by atoms with Gasteiger partial charge in [-0.2, -0.15) is 0 Å². The molecule has 1 aliphatic rings. The second kappa shape index (κ2) is 3.88. The van der Waals surface area contributed by atoms with Crippen LogP contribution in [0.15, 0.2) is 28.7 Å². The Morgan fingerprint density at radius 1 is 1.29 bits per heavy atom. The van der Waals surface area contributed by atoms with Gasteiger partial charge >= 0.3 is 0 Å². The topological polar surface area (TPSA) is 43.8 Å². The number of hydrogen-bond acceptors (Lipinski definition) is 2. The molecular weight excluding hydrogens is 278 g/mol. The minimum Gasteiger partial charge on any atom is -0.383 e. The van der Waals surface area contributed by atoms with Crippen molar-refractivity contribution in [1.29, 1.82) is 0 Å². The van der Waals surface area contributed by atoms with E-state index in [1.807, 2.05) is 31.2 Å². The lowest BCUT2D eigenvalue weighted by molar-refractivity contribution is 0.720. The van der Waals surface area contributed by atoms with Gasteiger partial charge in [-0.15, -0.1) is 0 Å². The maximum atomic E-state index is 6.20. The fourth-order valence-electron chi connectivity index (χ4n) is 2.18. The summed E-state index contributed by atoms with van der Waals surface area (Å²) >= 11 is 3.43. The molecule has 0 atom stereocenters. The fraction of sp³-hybridized carbons (Fsp3) is 0.308. The van der Waals surface area contributed by atoms with Crippen LogP contribution in [0, 0.1) is 6.92 Å². The van der Waals surface area contributed by atoms with Crippen molar-refractivity contribution in [1.82, 2.24) is 9.55 Å². The Labute approximate surface area is 109 Å². The van der Waals surface area contributed by atoms with Crippen LogP contribution in [0.5, 0.6) is 0 Å². The molecule has 1 heterocycles. The van der Waals surface area contributed by atoms with Crippen LogP contribution < -0.4 is 5.73 Å². The summed E-state index contributed by atoms with van der Waals surface area (Å²) < 4.78 is 3.23. The molecule has 2 aromatic rings. The van der Waals surface area contributed by atoms with Crippen LogP contribution >= 0.6 is 15.9 Å². The third-order valence-corrected chi connectivity index (χ3v) is 3.68. The average molecular weight is 292 g/mol. The number of nitrogens with two attached hydrogens (primary N) is 1. The number of halogens is 1. The van der Waals surface area contributed by atoms with E-state index in [0.717, 1.165) is 27.4 Å². The summed E-state index contributed by atoms with van der Waals surface area (Å²) in [5.74, 6) is 1.82. The summed E-state index contributed by atoms with van der Waals surface area (Å²) in [5, 5.41) is 0. The quantitative estimate of drug-likeness (QED) is 0.920. The van der Waals surface area contributed by atoms with E-state index >= 15 is 0 Å². The van der Waals surface area contributed by atoms with Gasteiger partial charge in [0.15, 0.2) is 0 Å². The summed E-state index contributed by atoms with van der Waals surface area (Å²) in [6.45, 7) is 2.02. The van der Waals surface area contributed by atoms with Gasteiger partial charge in [0.2, 0.25) is 0 Å². The van der Waals surface area contributed by atoms with E-state index in [1.165, 1.54) is 12.8 Å². The number of aryl methyl sites for hydroxylation is 1. The summed E-state index contributed by atoms with van der Waals surface area (Å²) in [5.41, 5.74) is 8.19. The van der Waals surface area contributed by atoms with Crippen LogP contribution in [-0.2, 0) is 0 Å². The minimum atomic E-state index is 0.576. The Balaban J connectivity index is 2.08. The van der Waals surface area contributed by atoms with Gasteiger partial charge in [-0.05, 0) is 31.9 Å². The second-order valence-corrected chi connectivity index (χ2v) is 5.42. The van der Waals surface area contributed by atoms with E-state index in [4.69, 9.17) is 5.73 Å². The van der Waals surface area contributed by atoms with Crippen molar-refractivity contribution in [2.24, 2.45) is 0 Å². The molecule has 2 N–H and O–H groups in total. The third kappa shape index (κ3) is 1.86. The molecule has 0 amide bonds. The van der Waals surface area contributed by atoms with E-state index in [2.05, 4.69) is 25.5 Å². The van der Waals surface area contributed by atoms with Crippen molar-refractivity contribution in [3.05, 3.63) is 34.6 Å². The first-order chi connectivity index (χ1) is 8.16. The maximum Gasteiger partial charge on any atom is 0.131 e. The van der Waals surface area contributed by atoms with Crippen molar-refractivity contribution in [2.45, 2.75) is 25.8 Å². The average Bonchev–Trinajstić information content (AvgIpc) is 3.08. The Morgan fingerprint density at radius 3 is 2.53 bits per heavy atom. The number of benzene rings is 1. The normalized spacial score (nSPS) is 15.2. The monoisotopic (exact) mass is 291 g/mol. The van der Waals surface area contributed by atoms with Crippen LogP contribution in [0.25, 0.3) is 11.3 Å². The molecule has 1 fully saturated rings. The Hall–Kier alpha value is -1.29. The molecule has 3 nitrogen and oxygen atoms in total. The van der Waals surface area contributed by atoms with Gasteiger partial charge in [-0.25, -0.2) is 4.98 Å². The van der Waals surface area contributed by atoms with Gasteiger partial charge < -0.3 is 10.3 Å². The van der Waals surface area contributed by atoms with Crippen molar-refractivity contribution in [3.8, 4) is 11.3 Å². The van der Waals surface area contributed by atoms with Gasteiger partial charge in [0, 0.05) is 16.1 Å². The van der Waals surface area contributed by atoms with E-state index < -0.39 is 0 Å². The van der Waals surface area contributed by atoms with E-state index in [-0.39, 0.29) is 0 Å². The lowest BCUT2D eigenvalue weighted by atomic mass is 10.1. The minimum absolute atomic E-state index is 0.576. The van der Waals surface area contributed by atoms with E-state index in [0.29, 0.717) is 6.04 Å². The fourth-order valence-corrected chi connectivity index (χ4v) is 2.44. The van der Waals surface area contributed by atoms with Gasteiger partial charge in [-0.1, -0.05) is 28.1 Å². The second-order valence-electron chi connectivity index (χ2n) is 4.50. The Bertz CT molecular complexity index is 553. The predicted octanol–water partition coefficient (Wildman–Crippen LogP) is 3.54. The van der Waals surface area contributed by atoms with Crippen molar-refractivity contribution >= 4 is 21.7 Å². The largest absolute Gasteiger partial charge is 0.383 e. The molecule has 4 heteroatoms. The first-order valence-corrected chi connectivity index (χ1v) is 6.56. The van der Waals surface area contributed by atoms with Crippen molar-refractivity contribution < 1.29 is 0 Å². The molecule has 1 aromatic carbocycles. The summed E-state index contributed by atoms with van der Waals surface area (Å²) in [4.78, 5) is 4.59. The molecule has 1 aliphatic carbocycles. The first kappa shape index (κ1) is 10.8. The molecular formula is C13H14BrN3. The highest BCUT2D eigenvalue weighted by molar-refractivity contribution is 9.10. The van der Waals surface area contributed by atoms with Gasteiger partial charge in [0.25, 0.3) is 0 Å². The molecule has 0 radical (unpaired) electrons. The van der Waals surface area contributed by atoms with Crippen LogP contribution in [-0.4, -0.2) is 9.55 Å². The number of nitrogen functional groups attached to an aromatic ring is 1. The number of rotatable bonds is 2. The molecule has 1 aromatic heterocycles. The highest BCUT2D eigenvalue weighted by Gasteiger charge is 2.28. The molecule has 0 saturated heterocycles. The van der Waals surface area contributed by atoms with Gasteiger partial charge in [-0.3, -0.25) is 0 Å². The molecule has 17 heavy (non-hydrogen) atoms. The highest BCUT2D eigenvalue weighted by Crippen LogP contribution is 2.40. The zero-order chi connectivity index (χ0) is 12.0. The lowest BCUT2D eigenvalue weighted by Crippen LogP contribution is -2.02. The third-order valence-electron chi connectivity index (χ3n) is 3.15. The van der Waals surface area contributed by atoms with Crippen LogP contribution in [0.1, 0.15) is 24.7 Å². The Kier molecular flexibility index (Phi) is 2.47. The first-order valence-electron chi connectivity index (χ1n) is 5.77. The number of hydrogen-bond donors (Lipinski definition) is 1. The molecule has 3 rings (SSSR count). The van der Waals surface area contributed by atoms with Crippen LogP contribution in [0.4, 0.5) is 5.82 Å². The smallest absolute Gasteiger partial charge is 0.131 e. The summed E-state index contributed by atoms with van der Waals surface area (Å²) in [7, 11) is 0. The van der Waals surface area contributed by atoms with Gasteiger partial charge in [0.05, 0.1) is 0 Å². The van der Waals surface area contributed by atoms with E-state index in [9.17, 15) is 0 Å². The maximum absolute atomic E-state index is 6.20.